The van der Waals surface area contributed by atoms with Crippen molar-refractivity contribution in [3.05, 3.63) is 47.2 Å². The Morgan fingerprint density at radius 1 is 1.20 bits per heavy atom. The summed E-state index contributed by atoms with van der Waals surface area (Å²) >= 11 is 5.83. The van der Waals surface area contributed by atoms with E-state index in [9.17, 15) is 4.79 Å². The molecule has 0 unspecified atom stereocenters. The van der Waals surface area contributed by atoms with Gasteiger partial charge in [-0.1, -0.05) is 25.4 Å². The average Bonchev–Trinajstić information content (AvgIpc) is 2.46. The van der Waals surface area contributed by atoms with Crippen LogP contribution in [0.4, 0.5) is 0 Å². The summed E-state index contributed by atoms with van der Waals surface area (Å²) in [6.07, 6.45) is 3.07. The van der Waals surface area contributed by atoms with E-state index in [2.05, 4.69) is 15.3 Å². The van der Waals surface area contributed by atoms with Crippen LogP contribution in [0, 0.1) is 5.92 Å². The van der Waals surface area contributed by atoms with Crippen LogP contribution in [0.2, 0.25) is 5.02 Å². The van der Waals surface area contributed by atoms with Gasteiger partial charge in [0.2, 0.25) is 0 Å². The largest absolute Gasteiger partial charge is 0.352 e. The van der Waals surface area contributed by atoms with Crippen molar-refractivity contribution < 1.29 is 4.79 Å². The molecule has 104 valence electrons. The van der Waals surface area contributed by atoms with Crippen molar-refractivity contribution in [2.45, 2.75) is 13.8 Å². The number of aromatic nitrogens is 2. The first-order chi connectivity index (χ1) is 9.56. The molecule has 1 N–H and O–H groups in total. The molecule has 20 heavy (non-hydrogen) atoms. The van der Waals surface area contributed by atoms with Crippen LogP contribution in [0.5, 0.6) is 0 Å². The zero-order valence-corrected chi connectivity index (χ0v) is 12.2. The molecule has 2 rings (SSSR count). The average molecular weight is 290 g/mol. The lowest BCUT2D eigenvalue weighted by atomic mass is 10.2. The summed E-state index contributed by atoms with van der Waals surface area (Å²) in [6.45, 7) is 4.72. The quantitative estimate of drug-likeness (QED) is 0.940. The molecule has 5 heteroatoms. The van der Waals surface area contributed by atoms with Gasteiger partial charge in [0.1, 0.15) is 0 Å². The highest BCUT2D eigenvalue weighted by Crippen LogP contribution is 2.17. The number of halogens is 1. The van der Waals surface area contributed by atoms with E-state index in [0.717, 1.165) is 5.56 Å². The Hall–Kier alpha value is -1.94. The minimum Gasteiger partial charge on any atom is -0.352 e. The lowest BCUT2D eigenvalue weighted by molar-refractivity contribution is 0.0948. The van der Waals surface area contributed by atoms with Gasteiger partial charge >= 0.3 is 0 Å². The first kappa shape index (κ1) is 14.5. The molecule has 0 saturated carbocycles. The number of hydrogen-bond donors (Lipinski definition) is 1. The lowest BCUT2D eigenvalue weighted by Crippen LogP contribution is -2.27. The topological polar surface area (TPSA) is 54.9 Å². The molecule has 0 aliphatic carbocycles. The molecule has 0 radical (unpaired) electrons. The third kappa shape index (κ3) is 3.78. The Bertz CT molecular complexity index is 579. The number of rotatable bonds is 4. The predicted molar refractivity (Wildman–Crippen MR) is 79.6 cm³/mol. The summed E-state index contributed by atoms with van der Waals surface area (Å²) in [5.41, 5.74) is 1.33. The summed E-state index contributed by atoms with van der Waals surface area (Å²) in [4.78, 5) is 20.3. The van der Waals surface area contributed by atoms with Crippen LogP contribution in [-0.4, -0.2) is 22.4 Å². The van der Waals surface area contributed by atoms with Gasteiger partial charge in [-0.15, -0.1) is 0 Å². The van der Waals surface area contributed by atoms with Gasteiger partial charge in [0, 0.05) is 29.5 Å². The van der Waals surface area contributed by atoms with E-state index in [1.807, 2.05) is 26.0 Å². The van der Waals surface area contributed by atoms with Crippen molar-refractivity contribution >= 4 is 17.5 Å². The molecule has 0 bridgehead atoms. The van der Waals surface area contributed by atoms with E-state index in [0.29, 0.717) is 28.9 Å². The molecular weight excluding hydrogens is 274 g/mol. The number of carbonyl (C=O) groups excluding carboxylic acids is 1. The van der Waals surface area contributed by atoms with Gasteiger partial charge in [0.15, 0.2) is 5.82 Å². The van der Waals surface area contributed by atoms with Crippen molar-refractivity contribution in [1.29, 1.82) is 0 Å². The van der Waals surface area contributed by atoms with Gasteiger partial charge in [-0.3, -0.25) is 4.79 Å². The van der Waals surface area contributed by atoms with Crippen LogP contribution in [0.1, 0.15) is 24.2 Å². The fourth-order valence-corrected chi connectivity index (χ4v) is 1.72. The van der Waals surface area contributed by atoms with Crippen LogP contribution >= 0.6 is 11.6 Å². The molecule has 1 aromatic heterocycles. The highest BCUT2D eigenvalue weighted by Gasteiger charge is 2.08. The van der Waals surface area contributed by atoms with E-state index >= 15 is 0 Å². The van der Waals surface area contributed by atoms with E-state index in [1.165, 1.54) is 12.4 Å². The summed E-state index contributed by atoms with van der Waals surface area (Å²) in [5, 5.41) is 3.49. The standard InChI is InChI=1S/C15H16ClN3O/c1-10(2)7-19-15(20)12-8-17-14(18-9-12)11-3-5-13(16)6-4-11/h3-6,8-10H,7H2,1-2H3,(H,19,20). The van der Waals surface area contributed by atoms with Crippen molar-refractivity contribution in [3.8, 4) is 11.4 Å². The molecule has 1 aromatic carbocycles. The summed E-state index contributed by atoms with van der Waals surface area (Å²) < 4.78 is 0. The van der Waals surface area contributed by atoms with Gasteiger partial charge in [-0.25, -0.2) is 9.97 Å². The van der Waals surface area contributed by atoms with Gasteiger partial charge in [-0.05, 0) is 30.2 Å². The van der Waals surface area contributed by atoms with Crippen LogP contribution in [-0.2, 0) is 0 Å². The number of nitrogens with zero attached hydrogens (tertiary/aromatic N) is 2. The van der Waals surface area contributed by atoms with E-state index in [-0.39, 0.29) is 5.91 Å². The van der Waals surface area contributed by atoms with Crippen molar-refractivity contribution in [3.63, 3.8) is 0 Å². The smallest absolute Gasteiger partial charge is 0.254 e. The van der Waals surface area contributed by atoms with Crippen molar-refractivity contribution in [2.24, 2.45) is 5.92 Å². The molecule has 0 aliphatic heterocycles. The summed E-state index contributed by atoms with van der Waals surface area (Å²) in [7, 11) is 0. The SMILES string of the molecule is CC(C)CNC(=O)c1cnc(-c2ccc(Cl)cc2)nc1. The first-order valence-electron chi connectivity index (χ1n) is 6.42. The minimum atomic E-state index is -0.152. The molecule has 4 nitrogen and oxygen atoms in total. The molecule has 1 amide bonds. The third-order valence-electron chi connectivity index (χ3n) is 2.69. The number of benzene rings is 1. The summed E-state index contributed by atoms with van der Waals surface area (Å²) in [5.74, 6) is 0.830. The van der Waals surface area contributed by atoms with E-state index in [1.54, 1.807) is 12.1 Å². The molecule has 2 aromatic rings. The first-order valence-corrected chi connectivity index (χ1v) is 6.80. The second-order valence-electron chi connectivity index (χ2n) is 4.91. The van der Waals surface area contributed by atoms with Gasteiger partial charge < -0.3 is 5.32 Å². The fourth-order valence-electron chi connectivity index (χ4n) is 1.59. The molecule has 0 fully saturated rings. The van der Waals surface area contributed by atoms with Crippen molar-refractivity contribution in [1.82, 2.24) is 15.3 Å². The van der Waals surface area contributed by atoms with Gasteiger partial charge in [0.25, 0.3) is 5.91 Å². The number of nitrogens with one attached hydrogen (secondary N) is 1. The van der Waals surface area contributed by atoms with Crippen LogP contribution < -0.4 is 5.32 Å². The molecule has 0 atom stereocenters. The third-order valence-corrected chi connectivity index (χ3v) is 2.94. The van der Waals surface area contributed by atoms with Crippen molar-refractivity contribution in [2.75, 3.05) is 6.54 Å². The Balaban J connectivity index is 2.10. The predicted octanol–water partition coefficient (Wildman–Crippen LogP) is 3.18. The number of amides is 1. The Morgan fingerprint density at radius 3 is 2.35 bits per heavy atom. The maximum Gasteiger partial charge on any atom is 0.254 e. The molecular formula is C15H16ClN3O. The highest BCUT2D eigenvalue weighted by atomic mass is 35.5. The molecule has 0 aliphatic rings. The highest BCUT2D eigenvalue weighted by molar-refractivity contribution is 6.30. The molecule has 0 saturated heterocycles. The van der Waals surface area contributed by atoms with Crippen LogP contribution in [0.3, 0.4) is 0 Å². The second-order valence-corrected chi connectivity index (χ2v) is 5.34. The zero-order chi connectivity index (χ0) is 14.5. The maximum atomic E-state index is 11.8. The fraction of sp³-hybridized carbons (Fsp3) is 0.267. The number of carbonyl (C=O) groups is 1. The Kier molecular flexibility index (Phi) is 4.69. The maximum absolute atomic E-state index is 11.8. The van der Waals surface area contributed by atoms with Gasteiger partial charge in [0.05, 0.1) is 5.56 Å². The normalized spacial score (nSPS) is 10.6. The minimum absolute atomic E-state index is 0.152. The van der Waals surface area contributed by atoms with Crippen LogP contribution in [0.15, 0.2) is 36.7 Å². The molecule has 1 heterocycles. The van der Waals surface area contributed by atoms with Gasteiger partial charge in [-0.2, -0.15) is 0 Å². The molecule has 0 spiro atoms. The summed E-state index contributed by atoms with van der Waals surface area (Å²) in [6, 6.07) is 7.25. The van der Waals surface area contributed by atoms with E-state index < -0.39 is 0 Å². The number of hydrogen-bond acceptors (Lipinski definition) is 3. The van der Waals surface area contributed by atoms with Crippen LogP contribution in [0.25, 0.3) is 11.4 Å². The second kappa shape index (κ2) is 6.48. The lowest BCUT2D eigenvalue weighted by Gasteiger charge is -2.07. The Morgan fingerprint density at radius 2 is 1.80 bits per heavy atom. The van der Waals surface area contributed by atoms with E-state index in [4.69, 9.17) is 11.6 Å². The zero-order valence-electron chi connectivity index (χ0n) is 11.4. The monoisotopic (exact) mass is 289 g/mol. The Labute approximate surface area is 123 Å².